The van der Waals surface area contributed by atoms with Gasteiger partial charge in [-0.2, -0.15) is 0 Å². The number of piperidine rings is 1. The highest BCUT2D eigenvalue weighted by Crippen LogP contribution is 2.49. The van der Waals surface area contributed by atoms with Crippen molar-refractivity contribution in [2.45, 2.75) is 82.2 Å². The highest BCUT2D eigenvalue weighted by molar-refractivity contribution is 5.73. The summed E-state index contributed by atoms with van der Waals surface area (Å²) in [5, 5.41) is 30.1. The van der Waals surface area contributed by atoms with Gasteiger partial charge in [0.2, 0.25) is 0 Å². The van der Waals surface area contributed by atoms with Crippen LogP contribution < -0.4 is 0 Å². The zero-order valence-corrected chi connectivity index (χ0v) is 14.8. The van der Waals surface area contributed by atoms with Gasteiger partial charge in [0, 0.05) is 24.4 Å². The predicted molar refractivity (Wildman–Crippen MR) is 94.7 cm³/mol. The maximum Gasteiger partial charge on any atom is 0.320 e. The molecule has 2 saturated heterocycles. The van der Waals surface area contributed by atoms with Crippen molar-refractivity contribution in [3.63, 3.8) is 0 Å². The van der Waals surface area contributed by atoms with Crippen LogP contribution in [0.1, 0.15) is 51.9 Å². The van der Waals surface area contributed by atoms with Crippen LogP contribution in [0, 0.1) is 23.7 Å². The maximum absolute atomic E-state index is 11.6. The van der Waals surface area contributed by atoms with Gasteiger partial charge in [-0.25, -0.2) is 0 Å². The first kappa shape index (κ1) is 18.4. The molecule has 7 atom stereocenters. The Hall–Kier alpha value is -1.35. The highest BCUT2D eigenvalue weighted by Gasteiger charge is 2.54. The number of aliphatic hydroxyl groups excluding tert-OH is 2. The molecule has 138 valence electrons. The fourth-order valence-electron chi connectivity index (χ4n) is 5.15. The quantitative estimate of drug-likeness (QED) is 0.522. The lowest BCUT2D eigenvalue weighted by Gasteiger charge is -2.38. The zero-order chi connectivity index (χ0) is 18.0. The van der Waals surface area contributed by atoms with Crippen molar-refractivity contribution >= 4 is 5.97 Å². The van der Waals surface area contributed by atoms with E-state index in [2.05, 4.69) is 16.7 Å². The van der Waals surface area contributed by atoms with Crippen molar-refractivity contribution in [2.24, 2.45) is 11.8 Å². The van der Waals surface area contributed by atoms with E-state index in [9.17, 15) is 20.1 Å². The summed E-state index contributed by atoms with van der Waals surface area (Å²) in [7, 11) is 0. The third-order valence-electron chi connectivity index (χ3n) is 6.22. The molecule has 3 rings (SSSR count). The van der Waals surface area contributed by atoms with Crippen LogP contribution >= 0.6 is 0 Å². The van der Waals surface area contributed by atoms with Crippen molar-refractivity contribution in [1.82, 2.24) is 4.90 Å². The molecule has 5 nitrogen and oxygen atoms in total. The van der Waals surface area contributed by atoms with Crippen LogP contribution in [-0.4, -0.2) is 56.5 Å². The van der Waals surface area contributed by atoms with Crippen LogP contribution in [0.3, 0.4) is 0 Å². The summed E-state index contributed by atoms with van der Waals surface area (Å²) >= 11 is 0. The lowest BCUT2D eigenvalue weighted by atomic mass is 9.88. The highest BCUT2D eigenvalue weighted by atomic mass is 16.4. The van der Waals surface area contributed by atoms with Crippen molar-refractivity contribution in [3.05, 3.63) is 12.2 Å². The van der Waals surface area contributed by atoms with Crippen LogP contribution in [-0.2, 0) is 4.79 Å². The fourth-order valence-corrected chi connectivity index (χ4v) is 5.15. The summed E-state index contributed by atoms with van der Waals surface area (Å²) in [6, 6.07) is 0.0824. The standard InChI is InChI=1S/C20H29NO4/c1-2-3-4-7-14(22)9-10-15-16-11-13-6-5-8-17(20(24)25)21(13)18(16)12-19(15)23/h9-10,13-19,22-23H,4-8,11-12H2,1H3,(H,24,25)/t13?,14-,15+,16+,17?,18?,19+/m0/s1. The predicted octanol–water partition coefficient (Wildman–Crippen LogP) is 1.78. The number of carboxylic acid groups (broad SMARTS) is 1. The number of aliphatic carboxylic acids is 1. The molecule has 0 aromatic carbocycles. The van der Waals surface area contributed by atoms with Crippen LogP contribution in [0.15, 0.2) is 12.2 Å². The topological polar surface area (TPSA) is 81.0 Å². The molecule has 3 unspecified atom stereocenters. The Labute approximate surface area is 149 Å². The number of rotatable bonds is 5. The monoisotopic (exact) mass is 347 g/mol. The normalized spacial score (nSPS) is 38.8. The molecule has 3 aliphatic rings. The van der Waals surface area contributed by atoms with Gasteiger partial charge in [0.15, 0.2) is 0 Å². The Morgan fingerprint density at radius 1 is 1.36 bits per heavy atom. The van der Waals surface area contributed by atoms with E-state index in [0.29, 0.717) is 37.6 Å². The summed E-state index contributed by atoms with van der Waals surface area (Å²) in [5.74, 6) is 5.34. The molecule has 0 radical (unpaired) electrons. The van der Waals surface area contributed by atoms with E-state index in [1.54, 1.807) is 13.0 Å². The van der Waals surface area contributed by atoms with Gasteiger partial charge >= 0.3 is 5.97 Å². The second kappa shape index (κ2) is 7.90. The molecule has 1 saturated carbocycles. The lowest BCUT2D eigenvalue weighted by molar-refractivity contribution is -0.146. The minimum Gasteiger partial charge on any atom is -0.480 e. The molecule has 0 amide bonds. The van der Waals surface area contributed by atoms with Gasteiger partial charge in [0.05, 0.1) is 12.2 Å². The van der Waals surface area contributed by atoms with Crippen molar-refractivity contribution in [1.29, 1.82) is 0 Å². The Morgan fingerprint density at radius 2 is 2.16 bits per heavy atom. The Kier molecular flexibility index (Phi) is 5.83. The molecule has 2 aliphatic heterocycles. The van der Waals surface area contributed by atoms with Gasteiger partial charge < -0.3 is 15.3 Å². The number of aliphatic hydroxyl groups is 2. The number of nitrogens with zero attached hydrogens (tertiary/aromatic N) is 1. The maximum atomic E-state index is 11.6. The second-order valence-electron chi connectivity index (χ2n) is 7.65. The molecule has 1 aliphatic carbocycles. The van der Waals surface area contributed by atoms with Crippen LogP contribution in [0.25, 0.3) is 0 Å². The Balaban J connectivity index is 1.67. The first-order valence-electron chi connectivity index (χ1n) is 9.47. The van der Waals surface area contributed by atoms with E-state index in [1.165, 1.54) is 0 Å². The van der Waals surface area contributed by atoms with Crippen LogP contribution in [0.2, 0.25) is 0 Å². The third-order valence-corrected chi connectivity index (χ3v) is 6.22. The summed E-state index contributed by atoms with van der Waals surface area (Å²) in [6.45, 7) is 1.79. The molecule has 0 bridgehead atoms. The summed E-state index contributed by atoms with van der Waals surface area (Å²) in [4.78, 5) is 13.8. The first-order valence-corrected chi connectivity index (χ1v) is 9.47. The van der Waals surface area contributed by atoms with Gasteiger partial charge in [-0.1, -0.05) is 12.2 Å². The van der Waals surface area contributed by atoms with E-state index < -0.39 is 24.2 Å². The van der Waals surface area contributed by atoms with Gasteiger partial charge in [-0.3, -0.25) is 9.69 Å². The minimum absolute atomic E-state index is 0.0111. The van der Waals surface area contributed by atoms with Crippen molar-refractivity contribution in [3.8, 4) is 11.8 Å². The van der Waals surface area contributed by atoms with Crippen molar-refractivity contribution in [2.75, 3.05) is 0 Å². The zero-order valence-electron chi connectivity index (χ0n) is 14.8. The fraction of sp³-hybridized carbons (Fsp3) is 0.750. The Bertz CT molecular complexity index is 578. The average Bonchev–Trinajstić information content (AvgIpc) is 3.07. The lowest BCUT2D eigenvalue weighted by Crippen LogP contribution is -2.51. The number of carboxylic acids is 1. The number of hydrogen-bond donors (Lipinski definition) is 3. The van der Waals surface area contributed by atoms with Crippen LogP contribution in [0.4, 0.5) is 0 Å². The molecule has 3 N–H and O–H groups in total. The molecule has 25 heavy (non-hydrogen) atoms. The Morgan fingerprint density at radius 3 is 2.88 bits per heavy atom. The van der Waals surface area contributed by atoms with E-state index in [-0.39, 0.29) is 12.0 Å². The van der Waals surface area contributed by atoms with Gasteiger partial charge in [-0.05, 0) is 51.4 Å². The summed E-state index contributed by atoms with van der Waals surface area (Å²) in [6.07, 6.45) is 8.36. The third kappa shape index (κ3) is 3.76. The van der Waals surface area contributed by atoms with Gasteiger partial charge in [0.25, 0.3) is 0 Å². The van der Waals surface area contributed by atoms with E-state index in [1.807, 2.05) is 6.08 Å². The molecule has 5 heteroatoms. The van der Waals surface area contributed by atoms with Crippen LogP contribution in [0.5, 0.6) is 0 Å². The largest absolute Gasteiger partial charge is 0.480 e. The number of hydrogen-bond acceptors (Lipinski definition) is 4. The molecule has 3 fully saturated rings. The molecular formula is C20H29NO4. The van der Waals surface area contributed by atoms with Gasteiger partial charge in [-0.15, -0.1) is 11.8 Å². The molecule has 0 aromatic rings. The second-order valence-corrected chi connectivity index (χ2v) is 7.65. The number of fused-ring (bicyclic) bond motifs is 3. The smallest absolute Gasteiger partial charge is 0.320 e. The van der Waals surface area contributed by atoms with E-state index >= 15 is 0 Å². The summed E-state index contributed by atoms with van der Waals surface area (Å²) in [5.41, 5.74) is 0. The molecule has 2 heterocycles. The molecular weight excluding hydrogens is 318 g/mol. The minimum atomic E-state index is -0.730. The SMILES string of the molecule is CC#CCC[C@H](O)C=C[C@H]1[C@H](O)CC2[C@@H]1CC1CCCC(C(=O)O)N12. The van der Waals surface area contributed by atoms with Gasteiger partial charge in [0.1, 0.15) is 6.04 Å². The summed E-state index contributed by atoms with van der Waals surface area (Å²) < 4.78 is 0. The molecule has 0 spiro atoms. The molecule has 0 aromatic heterocycles. The first-order chi connectivity index (χ1) is 12.0. The van der Waals surface area contributed by atoms with Crippen molar-refractivity contribution < 1.29 is 20.1 Å². The average molecular weight is 347 g/mol. The number of carbonyl (C=O) groups is 1. The van der Waals surface area contributed by atoms with E-state index in [0.717, 1.165) is 19.3 Å². The van der Waals surface area contributed by atoms with E-state index in [4.69, 9.17) is 0 Å².